The number of halogens is 2. The third kappa shape index (κ3) is 5.65. The van der Waals surface area contributed by atoms with Crippen LogP contribution in [0.3, 0.4) is 0 Å². The van der Waals surface area contributed by atoms with Gasteiger partial charge < -0.3 is 15.1 Å². The average molecular weight is 408 g/mol. The molecule has 2 rings (SSSR count). The van der Waals surface area contributed by atoms with Gasteiger partial charge in [-0.15, -0.1) is 0 Å². The molecule has 1 aliphatic heterocycles. The van der Waals surface area contributed by atoms with Crippen LogP contribution in [0.4, 0.5) is 4.79 Å². The van der Waals surface area contributed by atoms with E-state index in [0.29, 0.717) is 15.6 Å². The SMILES string of the molecule is C/C=C/C#Cc1ccc(C(C)NC(=O)N(C)C2CCN(C)CC2)c(Cl)c1Cl. The summed E-state index contributed by atoms with van der Waals surface area (Å²) in [6.45, 7) is 5.83. The van der Waals surface area contributed by atoms with Crippen molar-refractivity contribution in [1.29, 1.82) is 0 Å². The molecular weight excluding hydrogens is 381 g/mol. The zero-order chi connectivity index (χ0) is 20.0. The maximum absolute atomic E-state index is 12.6. The van der Waals surface area contributed by atoms with Crippen LogP contribution in [0.5, 0.6) is 0 Å². The Hall–Kier alpha value is -1.67. The van der Waals surface area contributed by atoms with Crippen molar-refractivity contribution in [2.45, 2.75) is 38.8 Å². The summed E-state index contributed by atoms with van der Waals surface area (Å²) in [5.74, 6) is 5.87. The molecule has 0 aromatic heterocycles. The molecule has 0 bridgehead atoms. The van der Waals surface area contributed by atoms with Crippen LogP contribution in [0.2, 0.25) is 10.0 Å². The summed E-state index contributed by atoms with van der Waals surface area (Å²) in [4.78, 5) is 16.7. The summed E-state index contributed by atoms with van der Waals surface area (Å²) >= 11 is 12.8. The summed E-state index contributed by atoms with van der Waals surface area (Å²) in [6.07, 6.45) is 5.58. The van der Waals surface area contributed by atoms with E-state index in [0.717, 1.165) is 31.5 Å². The van der Waals surface area contributed by atoms with E-state index in [1.165, 1.54) is 0 Å². The van der Waals surface area contributed by atoms with Crippen LogP contribution >= 0.6 is 23.2 Å². The van der Waals surface area contributed by atoms with Gasteiger partial charge in [-0.3, -0.25) is 0 Å². The van der Waals surface area contributed by atoms with Crippen LogP contribution in [0.1, 0.15) is 43.9 Å². The van der Waals surface area contributed by atoms with Crippen LogP contribution in [0, 0.1) is 11.8 Å². The van der Waals surface area contributed by atoms with Gasteiger partial charge in [0.1, 0.15) is 0 Å². The largest absolute Gasteiger partial charge is 0.331 e. The van der Waals surface area contributed by atoms with E-state index in [2.05, 4.69) is 29.1 Å². The van der Waals surface area contributed by atoms with Crippen LogP contribution in [-0.2, 0) is 0 Å². The van der Waals surface area contributed by atoms with Crippen molar-refractivity contribution in [1.82, 2.24) is 15.1 Å². The lowest BCUT2D eigenvalue weighted by molar-refractivity contribution is 0.146. The molecule has 146 valence electrons. The zero-order valence-corrected chi connectivity index (χ0v) is 17.9. The van der Waals surface area contributed by atoms with Crippen molar-refractivity contribution >= 4 is 29.2 Å². The predicted molar refractivity (Wildman–Crippen MR) is 113 cm³/mol. The number of nitrogens with zero attached hydrogens (tertiary/aromatic N) is 2. The highest BCUT2D eigenvalue weighted by molar-refractivity contribution is 6.43. The van der Waals surface area contributed by atoms with Crippen molar-refractivity contribution in [3.63, 3.8) is 0 Å². The van der Waals surface area contributed by atoms with E-state index in [1.807, 2.05) is 39.1 Å². The van der Waals surface area contributed by atoms with Gasteiger partial charge in [0, 0.05) is 18.7 Å². The highest BCUT2D eigenvalue weighted by atomic mass is 35.5. The van der Waals surface area contributed by atoms with Crippen molar-refractivity contribution in [2.75, 3.05) is 27.2 Å². The fourth-order valence-electron chi connectivity index (χ4n) is 3.11. The minimum absolute atomic E-state index is 0.0961. The molecule has 4 nitrogen and oxygen atoms in total. The Morgan fingerprint density at radius 1 is 1.33 bits per heavy atom. The Kier molecular flexibility index (Phi) is 8.04. The molecule has 0 radical (unpaired) electrons. The smallest absolute Gasteiger partial charge is 0.317 e. The van der Waals surface area contributed by atoms with E-state index in [1.54, 1.807) is 11.0 Å². The summed E-state index contributed by atoms with van der Waals surface area (Å²) in [7, 11) is 3.96. The number of hydrogen-bond donors (Lipinski definition) is 1. The lowest BCUT2D eigenvalue weighted by atomic mass is 10.0. The molecule has 1 aliphatic rings. The van der Waals surface area contributed by atoms with Gasteiger partial charge in [0.2, 0.25) is 0 Å². The topological polar surface area (TPSA) is 35.6 Å². The predicted octanol–water partition coefficient (Wildman–Crippen LogP) is 4.72. The van der Waals surface area contributed by atoms with Crippen molar-refractivity contribution < 1.29 is 4.79 Å². The second-order valence-corrected chi connectivity index (χ2v) is 7.67. The van der Waals surface area contributed by atoms with Gasteiger partial charge in [-0.25, -0.2) is 4.79 Å². The molecule has 6 heteroatoms. The summed E-state index contributed by atoms with van der Waals surface area (Å²) < 4.78 is 0. The maximum atomic E-state index is 12.6. The number of likely N-dealkylation sites (tertiary alicyclic amines) is 1. The number of benzene rings is 1. The molecule has 1 N–H and O–H groups in total. The first-order valence-corrected chi connectivity index (χ1v) is 9.93. The second-order valence-electron chi connectivity index (χ2n) is 6.92. The van der Waals surface area contributed by atoms with Crippen molar-refractivity contribution in [3.05, 3.63) is 45.5 Å². The van der Waals surface area contributed by atoms with Gasteiger partial charge in [0.05, 0.1) is 16.1 Å². The highest BCUT2D eigenvalue weighted by Gasteiger charge is 2.25. The van der Waals surface area contributed by atoms with E-state index in [9.17, 15) is 4.79 Å². The fraction of sp³-hybridized carbons (Fsp3) is 0.476. The van der Waals surface area contributed by atoms with Crippen molar-refractivity contribution in [2.24, 2.45) is 0 Å². The van der Waals surface area contributed by atoms with Gasteiger partial charge in [0.25, 0.3) is 0 Å². The maximum Gasteiger partial charge on any atom is 0.317 e. The number of amides is 2. The van der Waals surface area contributed by atoms with Gasteiger partial charge in [-0.05, 0) is 64.5 Å². The van der Waals surface area contributed by atoms with E-state index >= 15 is 0 Å². The molecule has 1 aromatic rings. The number of piperidine rings is 1. The second kappa shape index (κ2) is 10.0. The lowest BCUT2D eigenvalue weighted by Gasteiger charge is -2.35. The summed E-state index contributed by atoms with van der Waals surface area (Å²) in [6, 6.07) is 3.62. The number of urea groups is 1. The van der Waals surface area contributed by atoms with Crippen LogP contribution in [-0.4, -0.2) is 49.1 Å². The third-order valence-electron chi connectivity index (χ3n) is 4.93. The Morgan fingerprint density at radius 2 is 2.00 bits per heavy atom. The normalized spacial score (nSPS) is 16.7. The first-order valence-electron chi connectivity index (χ1n) is 9.17. The molecule has 0 spiro atoms. The molecule has 0 aliphatic carbocycles. The standard InChI is InChI=1S/C21H27Cl2N3O/c1-5-6-7-8-16-9-10-18(20(23)19(16)22)15(2)24-21(27)26(4)17-11-13-25(3)14-12-17/h5-6,9-10,15,17H,11-14H2,1-4H3,(H,24,27)/b6-5+. The van der Waals surface area contributed by atoms with Gasteiger partial charge in [0.15, 0.2) is 0 Å². The monoisotopic (exact) mass is 407 g/mol. The number of nitrogens with one attached hydrogen (secondary N) is 1. The van der Waals surface area contributed by atoms with E-state index in [4.69, 9.17) is 23.2 Å². The molecule has 1 heterocycles. The van der Waals surface area contributed by atoms with Crippen LogP contribution in [0.15, 0.2) is 24.3 Å². The first kappa shape index (κ1) is 21.6. The molecule has 1 fully saturated rings. The van der Waals surface area contributed by atoms with Gasteiger partial charge in [-0.1, -0.05) is 47.2 Å². The molecule has 27 heavy (non-hydrogen) atoms. The molecule has 1 atom stereocenters. The van der Waals surface area contributed by atoms with Crippen LogP contribution in [0.25, 0.3) is 0 Å². The number of carbonyl (C=O) groups is 1. The number of allylic oxidation sites excluding steroid dienone is 2. The third-order valence-corrected chi connectivity index (χ3v) is 5.83. The Balaban J connectivity index is 2.07. The number of rotatable bonds is 3. The quantitative estimate of drug-likeness (QED) is 0.735. The summed E-state index contributed by atoms with van der Waals surface area (Å²) in [5, 5.41) is 3.87. The molecule has 0 saturated carbocycles. The molecule has 1 aromatic carbocycles. The minimum atomic E-state index is -0.256. The molecule has 2 amide bonds. The number of hydrogen-bond acceptors (Lipinski definition) is 2. The highest BCUT2D eigenvalue weighted by Crippen LogP contribution is 2.32. The van der Waals surface area contributed by atoms with Crippen LogP contribution < -0.4 is 5.32 Å². The molecule has 1 unspecified atom stereocenters. The molecule has 1 saturated heterocycles. The summed E-state index contributed by atoms with van der Waals surface area (Å²) in [5.41, 5.74) is 1.45. The zero-order valence-electron chi connectivity index (χ0n) is 16.4. The van der Waals surface area contributed by atoms with Gasteiger partial charge in [-0.2, -0.15) is 0 Å². The Labute approximate surface area is 172 Å². The van der Waals surface area contributed by atoms with E-state index < -0.39 is 0 Å². The number of carbonyl (C=O) groups excluding carboxylic acids is 1. The van der Waals surface area contributed by atoms with E-state index in [-0.39, 0.29) is 18.1 Å². The van der Waals surface area contributed by atoms with Gasteiger partial charge >= 0.3 is 6.03 Å². The fourth-order valence-corrected chi connectivity index (χ4v) is 3.66. The Morgan fingerprint density at radius 3 is 2.63 bits per heavy atom. The Bertz CT molecular complexity index is 759. The first-order chi connectivity index (χ1) is 12.8. The van der Waals surface area contributed by atoms with Crippen molar-refractivity contribution in [3.8, 4) is 11.8 Å². The minimum Gasteiger partial charge on any atom is -0.331 e. The average Bonchev–Trinajstić information content (AvgIpc) is 2.65. The molecular formula is C21H27Cl2N3O. The lowest BCUT2D eigenvalue weighted by Crippen LogP contribution is -2.48.